The molecule has 292 valence electrons. The van der Waals surface area contributed by atoms with E-state index in [-0.39, 0.29) is 0 Å². The molecule has 0 bridgehead atoms. The highest BCUT2D eigenvalue weighted by Gasteiger charge is 2.16. The Morgan fingerprint density at radius 2 is 0.644 bits per heavy atom. The highest BCUT2D eigenvalue weighted by Crippen LogP contribution is 2.37. The van der Waals surface area contributed by atoms with Crippen molar-refractivity contribution in [2.75, 3.05) is 23.0 Å². The van der Waals surface area contributed by atoms with Crippen LogP contribution >= 0.6 is 15.9 Å². The van der Waals surface area contributed by atoms with Gasteiger partial charge in [0.25, 0.3) is 0 Å². The molecule has 5 nitrogen and oxygen atoms in total. The molecule has 0 radical (unpaired) electrons. The fraction of sp³-hybridized carbons (Fsp3) is 0.0769. The number of halogens is 1. The van der Waals surface area contributed by atoms with Crippen molar-refractivity contribution in [1.82, 2.24) is 0 Å². The van der Waals surface area contributed by atoms with Gasteiger partial charge >= 0.3 is 7.12 Å². The van der Waals surface area contributed by atoms with Gasteiger partial charge < -0.3 is 24.6 Å². The van der Waals surface area contributed by atoms with E-state index in [0.717, 1.165) is 57.4 Å². The van der Waals surface area contributed by atoms with E-state index in [0.29, 0.717) is 5.46 Å². The van der Waals surface area contributed by atoms with Gasteiger partial charge in [0, 0.05) is 51.8 Å². The van der Waals surface area contributed by atoms with Crippen molar-refractivity contribution >= 4 is 62.6 Å². The van der Waals surface area contributed by atoms with Gasteiger partial charge in [-0.2, -0.15) is 0 Å². The summed E-state index contributed by atoms with van der Waals surface area (Å²) in [4.78, 5) is 4.41. The SMILES string of the molecule is Brc1ccc(N(c2ccccc2)c2ccc(-c3ccccc3)cc2)cc1.C1CCOC1.OB(O)c1ccc(N(c2ccccc2)c2ccc(-c3ccccc3)cc2)cc1. The fourth-order valence-electron chi connectivity index (χ4n) is 6.81. The number of hydrogen-bond acceptors (Lipinski definition) is 5. The Morgan fingerprint density at radius 3 is 0.966 bits per heavy atom. The zero-order valence-corrected chi connectivity index (χ0v) is 34.4. The van der Waals surface area contributed by atoms with E-state index in [2.05, 4.69) is 171 Å². The standard InChI is InChI=1S/C24H20BNO2.C24H18BrN.C4H8O/c27-25(28)21-13-17-24(18-14-21)26(22-9-5-2-6-10-22)23-15-11-20(12-16-23)19-7-3-1-4-8-19;25-21-13-17-24(18-14-21)26(22-9-5-2-6-10-22)23-15-11-20(12-16-23)19-7-3-1-4-8-19;1-2-4-5-3-1/h1-18,27-28H;1-18H;1-4H2. The fourth-order valence-corrected chi connectivity index (χ4v) is 7.08. The average molecular weight is 838 g/mol. The Kier molecular flexibility index (Phi) is 14.6. The van der Waals surface area contributed by atoms with E-state index in [1.807, 2.05) is 60.7 Å². The second kappa shape index (κ2) is 21.0. The summed E-state index contributed by atoms with van der Waals surface area (Å²) in [5.41, 5.74) is 11.7. The number of nitrogens with zero attached hydrogens (tertiary/aromatic N) is 2. The van der Waals surface area contributed by atoms with Gasteiger partial charge in [-0.3, -0.25) is 0 Å². The first-order chi connectivity index (χ1) is 29.0. The molecule has 1 saturated heterocycles. The van der Waals surface area contributed by atoms with Crippen molar-refractivity contribution in [2.45, 2.75) is 12.8 Å². The van der Waals surface area contributed by atoms with Crippen molar-refractivity contribution in [3.05, 3.63) is 223 Å². The zero-order chi connectivity index (χ0) is 40.7. The lowest BCUT2D eigenvalue weighted by Crippen LogP contribution is -2.29. The summed E-state index contributed by atoms with van der Waals surface area (Å²) in [5, 5.41) is 18.7. The molecule has 0 amide bonds. The van der Waals surface area contributed by atoms with Crippen LogP contribution < -0.4 is 15.3 Å². The van der Waals surface area contributed by atoms with Gasteiger partial charge in [0.1, 0.15) is 0 Å². The molecule has 8 aromatic carbocycles. The molecule has 9 rings (SSSR count). The number of hydrogen-bond donors (Lipinski definition) is 2. The van der Waals surface area contributed by atoms with Crippen LogP contribution in [0.5, 0.6) is 0 Å². The van der Waals surface area contributed by atoms with Gasteiger partial charge in [0.05, 0.1) is 0 Å². The van der Waals surface area contributed by atoms with Gasteiger partial charge in [-0.1, -0.05) is 149 Å². The van der Waals surface area contributed by atoms with Crippen molar-refractivity contribution in [1.29, 1.82) is 0 Å². The molecule has 0 aromatic heterocycles. The summed E-state index contributed by atoms with van der Waals surface area (Å²) in [5.74, 6) is 0. The van der Waals surface area contributed by atoms with Crippen LogP contribution in [-0.2, 0) is 4.74 Å². The lowest BCUT2D eigenvalue weighted by molar-refractivity contribution is 0.198. The molecule has 0 aliphatic carbocycles. The summed E-state index contributed by atoms with van der Waals surface area (Å²) in [6, 6.07) is 74.1. The minimum Gasteiger partial charge on any atom is -0.423 e. The predicted molar refractivity (Wildman–Crippen MR) is 251 cm³/mol. The maximum Gasteiger partial charge on any atom is 0.488 e. The van der Waals surface area contributed by atoms with Crippen LogP contribution in [0.2, 0.25) is 0 Å². The first kappa shape index (κ1) is 41.0. The largest absolute Gasteiger partial charge is 0.488 e. The summed E-state index contributed by atoms with van der Waals surface area (Å²) in [6.45, 7) is 2.00. The van der Waals surface area contributed by atoms with Gasteiger partial charge in [0.15, 0.2) is 0 Å². The molecule has 1 aliphatic rings. The van der Waals surface area contributed by atoms with E-state index in [9.17, 15) is 10.0 Å². The van der Waals surface area contributed by atoms with Crippen molar-refractivity contribution < 1.29 is 14.8 Å². The Bertz CT molecular complexity index is 2410. The molecular weight excluding hydrogens is 791 g/mol. The van der Waals surface area contributed by atoms with Gasteiger partial charge in [0.2, 0.25) is 0 Å². The molecule has 8 aromatic rings. The average Bonchev–Trinajstić information content (AvgIpc) is 3.91. The molecule has 0 saturated carbocycles. The Morgan fingerprint density at radius 1 is 0.356 bits per heavy atom. The minimum absolute atomic E-state index is 0.469. The zero-order valence-electron chi connectivity index (χ0n) is 32.8. The number of benzene rings is 8. The molecule has 2 N–H and O–H groups in total. The highest BCUT2D eigenvalue weighted by molar-refractivity contribution is 9.10. The van der Waals surface area contributed by atoms with E-state index in [1.54, 1.807) is 12.1 Å². The quantitative estimate of drug-likeness (QED) is 0.142. The second-order valence-corrected chi connectivity index (χ2v) is 14.8. The summed E-state index contributed by atoms with van der Waals surface area (Å²) < 4.78 is 6.02. The van der Waals surface area contributed by atoms with Crippen LogP contribution in [0, 0.1) is 0 Å². The maximum absolute atomic E-state index is 9.37. The Balaban J connectivity index is 0.000000160. The monoisotopic (exact) mass is 836 g/mol. The lowest BCUT2D eigenvalue weighted by Gasteiger charge is -2.26. The summed E-state index contributed by atoms with van der Waals surface area (Å²) in [6.07, 6.45) is 2.56. The summed E-state index contributed by atoms with van der Waals surface area (Å²) in [7, 11) is -1.47. The van der Waals surface area contributed by atoms with Crippen molar-refractivity contribution in [2.24, 2.45) is 0 Å². The number of rotatable bonds is 9. The molecule has 0 atom stereocenters. The lowest BCUT2D eigenvalue weighted by atomic mass is 9.80. The van der Waals surface area contributed by atoms with Crippen molar-refractivity contribution in [3.63, 3.8) is 0 Å². The third-order valence-corrected chi connectivity index (χ3v) is 10.4. The molecule has 0 unspecified atom stereocenters. The summed E-state index contributed by atoms with van der Waals surface area (Å²) >= 11 is 3.52. The Labute approximate surface area is 356 Å². The van der Waals surface area contributed by atoms with Gasteiger partial charge in [-0.15, -0.1) is 0 Å². The van der Waals surface area contributed by atoms with E-state index in [1.165, 1.54) is 29.5 Å². The molecular formula is C52H46BBrN2O3. The third-order valence-electron chi connectivity index (χ3n) is 9.86. The molecule has 0 spiro atoms. The second-order valence-electron chi connectivity index (χ2n) is 13.9. The first-order valence-corrected chi connectivity index (χ1v) is 20.6. The van der Waals surface area contributed by atoms with E-state index >= 15 is 0 Å². The maximum atomic E-state index is 9.37. The number of para-hydroxylation sites is 2. The predicted octanol–water partition coefficient (Wildman–Crippen LogP) is 12.9. The van der Waals surface area contributed by atoms with Gasteiger partial charge in [-0.05, 0) is 125 Å². The van der Waals surface area contributed by atoms with Crippen molar-refractivity contribution in [3.8, 4) is 22.3 Å². The Hall–Kier alpha value is -6.22. The smallest absolute Gasteiger partial charge is 0.423 e. The van der Waals surface area contributed by atoms with Crippen LogP contribution in [-0.4, -0.2) is 30.4 Å². The number of anilines is 6. The normalized spacial score (nSPS) is 11.6. The van der Waals surface area contributed by atoms with E-state index < -0.39 is 7.12 Å². The molecule has 1 heterocycles. The van der Waals surface area contributed by atoms with Crippen LogP contribution in [0.3, 0.4) is 0 Å². The number of ether oxygens (including phenoxy) is 1. The molecule has 1 aliphatic heterocycles. The van der Waals surface area contributed by atoms with Crippen LogP contribution in [0.15, 0.2) is 223 Å². The third kappa shape index (κ3) is 11.3. The first-order valence-electron chi connectivity index (χ1n) is 19.8. The molecule has 7 heteroatoms. The van der Waals surface area contributed by atoms with Gasteiger partial charge in [-0.25, -0.2) is 0 Å². The van der Waals surface area contributed by atoms with Crippen LogP contribution in [0.25, 0.3) is 22.3 Å². The van der Waals surface area contributed by atoms with E-state index in [4.69, 9.17) is 4.74 Å². The minimum atomic E-state index is -1.47. The van der Waals surface area contributed by atoms with Crippen LogP contribution in [0.4, 0.5) is 34.1 Å². The highest BCUT2D eigenvalue weighted by atomic mass is 79.9. The topological polar surface area (TPSA) is 56.2 Å². The molecule has 1 fully saturated rings. The molecule has 59 heavy (non-hydrogen) atoms. The van der Waals surface area contributed by atoms with Crippen LogP contribution in [0.1, 0.15) is 12.8 Å².